The summed E-state index contributed by atoms with van der Waals surface area (Å²) in [7, 11) is 0. The summed E-state index contributed by atoms with van der Waals surface area (Å²) < 4.78 is 0. The molecule has 0 saturated carbocycles. The van der Waals surface area contributed by atoms with Crippen LogP contribution in [0.25, 0.3) is 43.8 Å². The normalized spacial score (nSPS) is 15.1. The highest BCUT2D eigenvalue weighted by atomic mass is 35.5. The number of rotatable bonds is 4. The van der Waals surface area contributed by atoms with Crippen molar-refractivity contribution in [2.24, 2.45) is 9.98 Å². The monoisotopic (exact) mass is 521 g/mol. The van der Waals surface area contributed by atoms with Gasteiger partial charge in [0.1, 0.15) is 5.84 Å². The molecule has 4 heteroatoms. The highest BCUT2D eigenvalue weighted by Gasteiger charge is 2.18. The second kappa shape index (κ2) is 9.86. The fraction of sp³-hybridized carbons (Fsp3) is 0.0286. The lowest BCUT2D eigenvalue weighted by molar-refractivity contribution is 0.832. The number of alkyl halides is 1. The number of aliphatic imine (C=N–C) groups is 2. The Hall–Kier alpha value is -4.73. The summed E-state index contributed by atoms with van der Waals surface area (Å²) >= 11 is 6.53. The zero-order chi connectivity index (χ0) is 26.2. The maximum Gasteiger partial charge on any atom is 0.198 e. The maximum atomic E-state index is 6.53. The van der Waals surface area contributed by atoms with E-state index in [1.165, 1.54) is 32.8 Å². The molecule has 0 saturated heterocycles. The lowest BCUT2D eigenvalue weighted by Crippen LogP contribution is -2.35. The van der Waals surface area contributed by atoms with Gasteiger partial charge in [-0.05, 0) is 55.9 Å². The molecule has 1 heterocycles. The molecular weight excluding hydrogens is 498 g/mol. The van der Waals surface area contributed by atoms with E-state index in [0.717, 1.165) is 22.1 Å². The van der Waals surface area contributed by atoms with E-state index in [1.807, 2.05) is 6.07 Å². The first-order valence-electron chi connectivity index (χ1n) is 13.0. The Morgan fingerprint density at radius 1 is 0.513 bits per heavy atom. The van der Waals surface area contributed by atoms with Crippen molar-refractivity contribution in [1.29, 1.82) is 0 Å². The van der Waals surface area contributed by atoms with Gasteiger partial charge >= 0.3 is 0 Å². The number of fused-ring (bicyclic) bond motifs is 2. The van der Waals surface area contributed by atoms with Gasteiger partial charge < -0.3 is 5.32 Å². The first-order chi connectivity index (χ1) is 19.2. The van der Waals surface area contributed by atoms with E-state index >= 15 is 0 Å². The van der Waals surface area contributed by atoms with Crippen LogP contribution in [0, 0.1) is 0 Å². The second-order valence-electron chi connectivity index (χ2n) is 9.64. The Balaban J connectivity index is 1.19. The highest BCUT2D eigenvalue weighted by molar-refractivity contribution is 6.25. The van der Waals surface area contributed by atoms with Crippen LogP contribution in [0.2, 0.25) is 0 Å². The molecule has 6 aromatic rings. The molecule has 0 amide bonds. The molecule has 186 valence electrons. The summed E-state index contributed by atoms with van der Waals surface area (Å²) in [6.07, 6.45) is 0. The van der Waals surface area contributed by atoms with E-state index in [1.54, 1.807) is 0 Å². The zero-order valence-corrected chi connectivity index (χ0v) is 21.8. The van der Waals surface area contributed by atoms with Crippen molar-refractivity contribution in [3.05, 3.63) is 145 Å². The van der Waals surface area contributed by atoms with Gasteiger partial charge in [0.05, 0.1) is 0 Å². The number of hydrogen-bond donors (Lipinski definition) is 1. The number of nitrogens with one attached hydrogen (secondary N) is 1. The molecule has 7 rings (SSSR count). The molecule has 1 N–H and O–H groups in total. The van der Waals surface area contributed by atoms with Crippen molar-refractivity contribution < 1.29 is 0 Å². The molecule has 1 unspecified atom stereocenters. The number of benzene rings is 6. The topological polar surface area (TPSA) is 36.8 Å². The molecule has 6 aromatic carbocycles. The van der Waals surface area contributed by atoms with Crippen molar-refractivity contribution in [2.45, 2.75) is 5.62 Å². The van der Waals surface area contributed by atoms with Crippen molar-refractivity contribution in [1.82, 2.24) is 5.32 Å². The third-order valence-electron chi connectivity index (χ3n) is 7.17. The SMILES string of the molecule is ClC1N=C(c2ccc3cc(-c4ccccc4)ccc3c2)N=C(c2ccc(-c3cccc4ccccc34)cc2)N1. The molecule has 1 aliphatic rings. The van der Waals surface area contributed by atoms with Crippen LogP contribution in [0.15, 0.2) is 143 Å². The molecule has 0 aliphatic carbocycles. The van der Waals surface area contributed by atoms with Crippen LogP contribution in [-0.2, 0) is 0 Å². The van der Waals surface area contributed by atoms with Crippen LogP contribution >= 0.6 is 11.6 Å². The van der Waals surface area contributed by atoms with E-state index < -0.39 is 5.62 Å². The average Bonchev–Trinajstić information content (AvgIpc) is 3.00. The quantitative estimate of drug-likeness (QED) is 0.183. The lowest BCUT2D eigenvalue weighted by atomic mass is 9.97. The van der Waals surface area contributed by atoms with Crippen LogP contribution in [0.5, 0.6) is 0 Å². The van der Waals surface area contributed by atoms with Gasteiger partial charge in [0.25, 0.3) is 0 Å². The Bertz CT molecular complexity index is 1880. The minimum Gasteiger partial charge on any atom is -0.335 e. The summed E-state index contributed by atoms with van der Waals surface area (Å²) in [6.45, 7) is 0. The van der Waals surface area contributed by atoms with Gasteiger partial charge in [0.2, 0.25) is 0 Å². The van der Waals surface area contributed by atoms with Gasteiger partial charge in [0.15, 0.2) is 11.5 Å². The Kier molecular flexibility index (Phi) is 5.92. The lowest BCUT2D eigenvalue weighted by Gasteiger charge is -2.19. The first-order valence-corrected chi connectivity index (χ1v) is 13.4. The molecule has 1 aliphatic heterocycles. The third-order valence-corrected chi connectivity index (χ3v) is 7.38. The molecule has 3 nitrogen and oxygen atoms in total. The summed E-state index contributed by atoms with van der Waals surface area (Å²) in [5, 5.41) is 7.99. The molecular formula is C35H24ClN3. The van der Waals surface area contributed by atoms with Crippen LogP contribution < -0.4 is 5.32 Å². The Morgan fingerprint density at radius 2 is 1.15 bits per heavy atom. The first kappa shape index (κ1) is 23.4. The second-order valence-corrected chi connectivity index (χ2v) is 10.1. The Morgan fingerprint density at radius 3 is 1.97 bits per heavy atom. The summed E-state index contributed by atoms with van der Waals surface area (Å²) in [5.41, 5.74) is 6.08. The van der Waals surface area contributed by atoms with Crippen molar-refractivity contribution >= 4 is 44.8 Å². The van der Waals surface area contributed by atoms with E-state index in [0.29, 0.717) is 11.7 Å². The molecule has 1 atom stereocenters. The van der Waals surface area contributed by atoms with Crippen molar-refractivity contribution in [3.63, 3.8) is 0 Å². The summed E-state index contributed by atoms with van der Waals surface area (Å²) in [5.74, 6) is 1.33. The summed E-state index contributed by atoms with van der Waals surface area (Å²) in [6, 6.07) is 46.6. The van der Waals surface area contributed by atoms with Crippen molar-refractivity contribution in [3.8, 4) is 22.3 Å². The third kappa shape index (κ3) is 4.58. The van der Waals surface area contributed by atoms with Gasteiger partial charge in [0, 0.05) is 11.1 Å². The van der Waals surface area contributed by atoms with Crippen LogP contribution in [-0.4, -0.2) is 17.3 Å². The largest absolute Gasteiger partial charge is 0.335 e. The van der Waals surface area contributed by atoms with E-state index in [4.69, 9.17) is 16.6 Å². The maximum absolute atomic E-state index is 6.53. The van der Waals surface area contributed by atoms with E-state index in [9.17, 15) is 0 Å². The van der Waals surface area contributed by atoms with Crippen LogP contribution in [0.3, 0.4) is 0 Å². The molecule has 0 fully saturated rings. The van der Waals surface area contributed by atoms with Gasteiger partial charge in [-0.3, -0.25) is 0 Å². The van der Waals surface area contributed by atoms with Crippen LogP contribution in [0.4, 0.5) is 0 Å². The molecule has 0 spiro atoms. The molecule has 0 radical (unpaired) electrons. The smallest absolute Gasteiger partial charge is 0.198 e. The molecule has 0 aromatic heterocycles. The van der Waals surface area contributed by atoms with Crippen molar-refractivity contribution in [2.75, 3.05) is 0 Å². The average molecular weight is 522 g/mol. The minimum atomic E-state index is -0.596. The predicted octanol–water partition coefficient (Wildman–Crippen LogP) is 8.65. The number of halogens is 1. The fourth-order valence-corrected chi connectivity index (χ4v) is 5.38. The van der Waals surface area contributed by atoms with Gasteiger partial charge in [-0.15, -0.1) is 0 Å². The molecule has 0 bridgehead atoms. The molecule has 39 heavy (non-hydrogen) atoms. The van der Waals surface area contributed by atoms with E-state index in [-0.39, 0.29) is 0 Å². The number of amidine groups is 2. The standard InChI is InChI=1S/C35H24ClN3/c36-35-38-33(26-15-13-25(14-16-26)32-12-6-10-24-9-4-5-11-31(24)32)37-34(39-35)30-20-19-28-21-27(17-18-29(28)22-30)23-7-2-1-3-8-23/h1-22,35H,(H,37,38,39). The van der Waals surface area contributed by atoms with Gasteiger partial charge in [-0.1, -0.05) is 133 Å². The zero-order valence-electron chi connectivity index (χ0n) is 21.1. The van der Waals surface area contributed by atoms with Gasteiger partial charge in [-0.25, -0.2) is 9.98 Å². The summed E-state index contributed by atoms with van der Waals surface area (Å²) in [4.78, 5) is 9.45. The fourth-order valence-electron chi connectivity index (χ4n) is 5.19. The highest BCUT2D eigenvalue weighted by Crippen LogP contribution is 2.29. The van der Waals surface area contributed by atoms with E-state index in [2.05, 4.69) is 138 Å². The number of hydrogen-bond acceptors (Lipinski definition) is 3. The predicted molar refractivity (Wildman–Crippen MR) is 165 cm³/mol. The number of nitrogens with zero attached hydrogens (tertiary/aromatic N) is 2. The minimum absolute atomic E-state index is 0.596. The van der Waals surface area contributed by atoms with Gasteiger partial charge in [-0.2, -0.15) is 0 Å². The van der Waals surface area contributed by atoms with Crippen LogP contribution in [0.1, 0.15) is 11.1 Å². The Labute approximate surface area is 232 Å².